The maximum Gasteiger partial charge on any atom is 0.240 e. The molecular formula is C22H23NO4S2. The quantitative estimate of drug-likeness (QED) is 0.620. The number of benzene rings is 3. The van der Waals surface area contributed by atoms with Gasteiger partial charge in [0.1, 0.15) is 5.25 Å². The Balaban J connectivity index is 1.96. The van der Waals surface area contributed by atoms with E-state index >= 15 is 0 Å². The molecule has 29 heavy (non-hydrogen) atoms. The molecule has 1 N–H and O–H groups in total. The maximum absolute atomic E-state index is 13.3. The van der Waals surface area contributed by atoms with Crippen LogP contribution in [0.3, 0.4) is 0 Å². The molecule has 5 nitrogen and oxygen atoms in total. The van der Waals surface area contributed by atoms with Crippen LogP contribution in [0.5, 0.6) is 0 Å². The van der Waals surface area contributed by atoms with Gasteiger partial charge in [0.05, 0.1) is 9.79 Å². The second kappa shape index (κ2) is 8.49. The molecule has 0 aliphatic carbocycles. The van der Waals surface area contributed by atoms with E-state index in [0.717, 1.165) is 11.1 Å². The first-order valence-corrected chi connectivity index (χ1v) is 12.1. The van der Waals surface area contributed by atoms with E-state index in [0.29, 0.717) is 5.56 Å². The van der Waals surface area contributed by atoms with Gasteiger partial charge in [-0.25, -0.2) is 21.6 Å². The van der Waals surface area contributed by atoms with Crippen LogP contribution in [0.2, 0.25) is 0 Å². The van der Waals surface area contributed by atoms with E-state index in [9.17, 15) is 16.8 Å². The first-order valence-electron chi connectivity index (χ1n) is 9.12. The molecule has 0 saturated heterocycles. The third-order valence-corrected chi connectivity index (χ3v) is 8.24. The molecule has 0 fully saturated rings. The fourth-order valence-electron chi connectivity index (χ4n) is 2.95. The molecule has 0 aliphatic rings. The van der Waals surface area contributed by atoms with Gasteiger partial charge < -0.3 is 0 Å². The van der Waals surface area contributed by atoms with Crippen molar-refractivity contribution < 1.29 is 16.8 Å². The van der Waals surface area contributed by atoms with E-state index in [1.807, 2.05) is 26.0 Å². The number of nitrogens with one attached hydrogen (secondary N) is 1. The summed E-state index contributed by atoms with van der Waals surface area (Å²) in [7, 11) is -7.65. The molecule has 0 amide bonds. The van der Waals surface area contributed by atoms with E-state index in [2.05, 4.69) is 4.72 Å². The summed E-state index contributed by atoms with van der Waals surface area (Å²) in [5, 5.41) is -1.05. The fourth-order valence-corrected chi connectivity index (χ4v) is 5.78. The summed E-state index contributed by atoms with van der Waals surface area (Å²) < 4.78 is 54.4. The number of sulfone groups is 1. The van der Waals surface area contributed by atoms with Gasteiger partial charge in [-0.05, 0) is 43.7 Å². The van der Waals surface area contributed by atoms with Crippen LogP contribution in [-0.4, -0.2) is 23.4 Å². The zero-order valence-electron chi connectivity index (χ0n) is 16.2. The predicted octanol–water partition coefficient (Wildman–Crippen LogP) is 3.80. The topological polar surface area (TPSA) is 80.3 Å². The van der Waals surface area contributed by atoms with Crippen molar-refractivity contribution in [2.75, 3.05) is 6.54 Å². The van der Waals surface area contributed by atoms with Crippen LogP contribution in [0, 0.1) is 13.8 Å². The summed E-state index contributed by atoms with van der Waals surface area (Å²) >= 11 is 0. The van der Waals surface area contributed by atoms with Gasteiger partial charge >= 0.3 is 0 Å². The Hall–Kier alpha value is -2.48. The van der Waals surface area contributed by atoms with Crippen LogP contribution in [-0.2, 0) is 19.9 Å². The molecule has 0 saturated carbocycles. The molecular weight excluding hydrogens is 406 g/mol. The minimum absolute atomic E-state index is 0.0999. The molecule has 0 aromatic heterocycles. The lowest BCUT2D eigenvalue weighted by molar-refractivity contribution is 0.568. The molecule has 0 aliphatic heterocycles. The van der Waals surface area contributed by atoms with Crippen LogP contribution in [0.25, 0.3) is 0 Å². The Morgan fingerprint density at radius 3 is 1.76 bits per heavy atom. The highest BCUT2D eigenvalue weighted by atomic mass is 32.2. The number of sulfonamides is 1. The lowest BCUT2D eigenvalue weighted by atomic mass is 10.1. The van der Waals surface area contributed by atoms with Gasteiger partial charge in [0.25, 0.3) is 0 Å². The van der Waals surface area contributed by atoms with Crippen molar-refractivity contribution in [3.63, 3.8) is 0 Å². The zero-order valence-corrected chi connectivity index (χ0v) is 17.9. The fraction of sp³-hybridized carbons (Fsp3) is 0.182. The predicted molar refractivity (Wildman–Crippen MR) is 114 cm³/mol. The van der Waals surface area contributed by atoms with Crippen molar-refractivity contribution in [2.45, 2.75) is 28.9 Å². The number of hydrogen-bond acceptors (Lipinski definition) is 4. The Bertz CT molecular complexity index is 1170. The van der Waals surface area contributed by atoms with Crippen LogP contribution in [0.4, 0.5) is 0 Å². The summed E-state index contributed by atoms with van der Waals surface area (Å²) in [6, 6.07) is 21.6. The number of aryl methyl sites for hydroxylation is 2. The minimum Gasteiger partial charge on any atom is -0.223 e. The van der Waals surface area contributed by atoms with E-state index in [4.69, 9.17) is 0 Å². The number of hydrogen-bond donors (Lipinski definition) is 1. The van der Waals surface area contributed by atoms with Gasteiger partial charge in [-0.3, -0.25) is 0 Å². The van der Waals surface area contributed by atoms with Gasteiger partial charge in [0.15, 0.2) is 9.84 Å². The van der Waals surface area contributed by atoms with Crippen molar-refractivity contribution in [3.05, 3.63) is 95.6 Å². The van der Waals surface area contributed by atoms with Crippen LogP contribution in [0.15, 0.2) is 88.7 Å². The van der Waals surface area contributed by atoms with Crippen molar-refractivity contribution in [3.8, 4) is 0 Å². The van der Waals surface area contributed by atoms with E-state index < -0.39 is 25.1 Å². The third kappa shape index (κ3) is 4.93. The molecule has 0 radical (unpaired) electrons. The summed E-state index contributed by atoms with van der Waals surface area (Å²) in [4.78, 5) is 0.253. The van der Waals surface area contributed by atoms with Crippen LogP contribution >= 0.6 is 0 Å². The van der Waals surface area contributed by atoms with Crippen LogP contribution < -0.4 is 4.72 Å². The van der Waals surface area contributed by atoms with Crippen LogP contribution in [0.1, 0.15) is 21.9 Å². The molecule has 1 unspecified atom stereocenters. The standard InChI is InChI=1S/C22H23NO4S2/c1-17-8-12-19(13-9-17)22(28(24,25)20-6-4-3-5-7-20)16-23-29(26,27)21-14-10-18(2)11-15-21/h3-15,22-23H,16H2,1-2H3. The monoisotopic (exact) mass is 429 g/mol. The zero-order chi connectivity index (χ0) is 21.1. The average Bonchev–Trinajstić information content (AvgIpc) is 2.70. The molecule has 152 valence electrons. The van der Waals surface area contributed by atoms with Gasteiger partial charge in [0, 0.05) is 6.54 Å². The van der Waals surface area contributed by atoms with Gasteiger partial charge in [-0.15, -0.1) is 0 Å². The molecule has 3 rings (SSSR count). The molecule has 0 heterocycles. The van der Waals surface area contributed by atoms with E-state index in [-0.39, 0.29) is 16.3 Å². The summed E-state index contributed by atoms with van der Waals surface area (Å²) in [6.07, 6.45) is 0. The second-order valence-electron chi connectivity index (χ2n) is 6.92. The SMILES string of the molecule is Cc1ccc(C(CNS(=O)(=O)c2ccc(C)cc2)S(=O)(=O)c2ccccc2)cc1. The summed E-state index contributed by atoms with van der Waals surface area (Å²) in [6.45, 7) is 3.50. The summed E-state index contributed by atoms with van der Waals surface area (Å²) in [5.41, 5.74) is 2.46. The Morgan fingerprint density at radius 1 is 0.690 bits per heavy atom. The van der Waals surface area contributed by atoms with Gasteiger partial charge in [-0.1, -0.05) is 65.7 Å². The van der Waals surface area contributed by atoms with Crippen molar-refractivity contribution in [1.29, 1.82) is 0 Å². The van der Waals surface area contributed by atoms with Gasteiger partial charge in [-0.2, -0.15) is 0 Å². The molecule has 7 heteroatoms. The second-order valence-corrected chi connectivity index (χ2v) is 10.8. The summed E-state index contributed by atoms with van der Waals surface area (Å²) in [5.74, 6) is 0. The molecule has 1 atom stereocenters. The average molecular weight is 430 g/mol. The first-order chi connectivity index (χ1) is 13.7. The highest BCUT2D eigenvalue weighted by Crippen LogP contribution is 2.29. The molecule has 3 aromatic rings. The maximum atomic E-state index is 13.3. The highest BCUT2D eigenvalue weighted by Gasteiger charge is 2.30. The lowest BCUT2D eigenvalue weighted by Gasteiger charge is -2.19. The molecule has 0 bridgehead atoms. The number of rotatable bonds is 7. The first kappa shape index (κ1) is 21.2. The smallest absolute Gasteiger partial charge is 0.223 e. The Morgan fingerprint density at radius 2 is 1.21 bits per heavy atom. The Kier molecular flexibility index (Phi) is 6.21. The molecule has 3 aromatic carbocycles. The molecule has 0 spiro atoms. The van der Waals surface area contributed by atoms with Crippen molar-refractivity contribution >= 4 is 19.9 Å². The largest absolute Gasteiger partial charge is 0.240 e. The van der Waals surface area contributed by atoms with Crippen molar-refractivity contribution in [1.82, 2.24) is 4.72 Å². The van der Waals surface area contributed by atoms with Crippen molar-refractivity contribution in [2.24, 2.45) is 0 Å². The van der Waals surface area contributed by atoms with E-state index in [1.54, 1.807) is 42.5 Å². The highest BCUT2D eigenvalue weighted by molar-refractivity contribution is 7.92. The third-order valence-electron chi connectivity index (χ3n) is 4.69. The minimum atomic E-state index is -3.85. The lowest BCUT2D eigenvalue weighted by Crippen LogP contribution is -2.32. The van der Waals surface area contributed by atoms with E-state index in [1.165, 1.54) is 24.3 Å². The Labute approximate surface area is 172 Å². The normalized spacial score (nSPS) is 13.2. The van der Waals surface area contributed by atoms with Gasteiger partial charge in [0.2, 0.25) is 10.0 Å².